The van der Waals surface area contributed by atoms with E-state index in [-0.39, 0.29) is 11.8 Å². The normalized spacial score (nSPS) is 12.0. The Balaban J connectivity index is 2.20. The SMILES string of the molecule is CNC(=O)C(CC(C)C)NC(=O)c1sc(-c2ccccn2)nc1C. The maximum atomic E-state index is 12.6. The molecule has 0 aliphatic carbocycles. The first-order valence-electron chi connectivity index (χ1n) is 7.83. The zero-order valence-corrected chi connectivity index (χ0v) is 15.1. The minimum Gasteiger partial charge on any atom is -0.357 e. The van der Waals surface area contributed by atoms with Gasteiger partial charge in [-0.3, -0.25) is 14.6 Å². The van der Waals surface area contributed by atoms with E-state index in [4.69, 9.17) is 0 Å². The van der Waals surface area contributed by atoms with Crippen LogP contribution in [0.25, 0.3) is 10.7 Å². The van der Waals surface area contributed by atoms with Crippen molar-refractivity contribution in [3.63, 3.8) is 0 Å². The Morgan fingerprint density at radius 1 is 1.29 bits per heavy atom. The molecule has 0 fully saturated rings. The summed E-state index contributed by atoms with van der Waals surface area (Å²) in [4.78, 5) is 33.8. The van der Waals surface area contributed by atoms with E-state index in [1.165, 1.54) is 11.3 Å². The van der Waals surface area contributed by atoms with Crippen LogP contribution in [0.15, 0.2) is 24.4 Å². The monoisotopic (exact) mass is 346 g/mol. The summed E-state index contributed by atoms with van der Waals surface area (Å²) < 4.78 is 0. The first-order valence-corrected chi connectivity index (χ1v) is 8.65. The van der Waals surface area contributed by atoms with E-state index < -0.39 is 6.04 Å². The fourth-order valence-electron chi connectivity index (χ4n) is 2.31. The summed E-state index contributed by atoms with van der Waals surface area (Å²) in [5.41, 5.74) is 1.37. The van der Waals surface area contributed by atoms with Gasteiger partial charge in [0.2, 0.25) is 5.91 Å². The van der Waals surface area contributed by atoms with Gasteiger partial charge in [-0.2, -0.15) is 0 Å². The Kier molecular flexibility index (Phi) is 6.03. The Hall–Kier alpha value is -2.28. The minimum atomic E-state index is -0.553. The fraction of sp³-hybridized carbons (Fsp3) is 0.412. The van der Waals surface area contributed by atoms with Crippen LogP contribution in [0, 0.1) is 12.8 Å². The maximum Gasteiger partial charge on any atom is 0.263 e. The first-order chi connectivity index (χ1) is 11.4. The van der Waals surface area contributed by atoms with Gasteiger partial charge in [0.25, 0.3) is 5.91 Å². The molecule has 2 heterocycles. The topological polar surface area (TPSA) is 84.0 Å². The number of thiazole rings is 1. The van der Waals surface area contributed by atoms with Gasteiger partial charge in [-0.25, -0.2) is 4.98 Å². The number of amides is 2. The third-order valence-corrected chi connectivity index (χ3v) is 4.64. The summed E-state index contributed by atoms with van der Waals surface area (Å²) in [5.74, 6) is -0.176. The van der Waals surface area contributed by atoms with Crippen molar-refractivity contribution < 1.29 is 9.59 Å². The van der Waals surface area contributed by atoms with Crippen LogP contribution in [-0.4, -0.2) is 34.9 Å². The van der Waals surface area contributed by atoms with Crippen LogP contribution in [0.4, 0.5) is 0 Å². The van der Waals surface area contributed by atoms with Gasteiger partial charge in [0.1, 0.15) is 15.9 Å². The molecule has 7 heteroatoms. The van der Waals surface area contributed by atoms with Crippen molar-refractivity contribution in [1.82, 2.24) is 20.6 Å². The van der Waals surface area contributed by atoms with Crippen molar-refractivity contribution in [2.75, 3.05) is 7.05 Å². The third-order valence-electron chi connectivity index (χ3n) is 3.46. The molecule has 128 valence electrons. The van der Waals surface area contributed by atoms with Gasteiger partial charge in [-0.1, -0.05) is 19.9 Å². The molecule has 0 radical (unpaired) electrons. The fourth-order valence-corrected chi connectivity index (χ4v) is 3.25. The molecular formula is C17H22N4O2S. The van der Waals surface area contributed by atoms with Crippen LogP contribution >= 0.6 is 11.3 Å². The highest BCUT2D eigenvalue weighted by molar-refractivity contribution is 7.17. The second kappa shape index (κ2) is 8.01. The number of carbonyl (C=O) groups excluding carboxylic acids is 2. The van der Waals surface area contributed by atoms with Crippen molar-refractivity contribution >= 4 is 23.2 Å². The van der Waals surface area contributed by atoms with E-state index in [0.29, 0.717) is 27.9 Å². The molecule has 1 unspecified atom stereocenters. The van der Waals surface area contributed by atoms with E-state index in [0.717, 1.165) is 5.69 Å². The highest BCUT2D eigenvalue weighted by Crippen LogP contribution is 2.26. The smallest absolute Gasteiger partial charge is 0.263 e. The Morgan fingerprint density at radius 3 is 2.62 bits per heavy atom. The summed E-state index contributed by atoms with van der Waals surface area (Å²) in [6.45, 7) is 5.81. The quantitative estimate of drug-likeness (QED) is 0.841. The van der Waals surface area contributed by atoms with Gasteiger partial charge in [-0.15, -0.1) is 11.3 Å². The molecule has 0 aromatic carbocycles. The molecule has 0 aliphatic heterocycles. The molecule has 6 nitrogen and oxygen atoms in total. The average Bonchev–Trinajstić information content (AvgIpc) is 2.96. The molecule has 2 rings (SSSR count). The van der Waals surface area contributed by atoms with Crippen LogP contribution in [0.1, 0.15) is 35.6 Å². The molecule has 2 amide bonds. The van der Waals surface area contributed by atoms with Gasteiger partial charge in [-0.05, 0) is 31.4 Å². The van der Waals surface area contributed by atoms with Gasteiger partial charge in [0.05, 0.1) is 11.4 Å². The van der Waals surface area contributed by atoms with Gasteiger partial charge >= 0.3 is 0 Å². The van der Waals surface area contributed by atoms with Gasteiger partial charge < -0.3 is 10.6 Å². The highest BCUT2D eigenvalue weighted by atomic mass is 32.1. The second-order valence-electron chi connectivity index (χ2n) is 5.92. The zero-order valence-electron chi connectivity index (χ0n) is 14.3. The lowest BCUT2D eigenvalue weighted by Crippen LogP contribution is -2.46. The number of aryl methyl sites for hydroxylation is 1. The Labute approximate surface area is 145 Å². The number of nitrogens with one attached hydrogen (secondary N) is 2. The van der Waals surface area contributed by atoms with Crippen LogP contribution in [-0.2, 0) is 4.79 Å². The predicted molar refractivity (Wildman–Crippen MR) is 94.9 cm³/mol. The standard InChI is InChI=1S/C17H22N4O2S/c1-10(2)9-13(15(22)18-4)21-16(23)14-11(3)20-17(24-14)12-7-5-6-8-19-12/h5-8,10,13H,9H2,1-4H3,(H,18,22)(H,21,23). The van der Waals surface area contributed by atoms with Crippen LogP contribution in [0.5, 0.6) is 0 Å². The summed E-state index contributed by atoms with van der Waals surface area (Å²) in [5, 5.41) is 6.11. The molecule has 0 saturated heterocycles. The molecule has 2 aromatic rings. The summed E-state index contributed by atoms with van der Waals surface area (Å²) in [6, 6.07) is 5.01. The van der Waals surface area contributed by atoms with Crippen molar-refractivity contribution in [3.05, 3.63) is 35.0 Å². The van der Waals surface area contributed by atoms with E-state index in [1.54, 1.807) is 20.2 Å². The summed E-state index contributed by atoms with van der Waals surface area (Å²) >= 11 is 1.28. The lowest BCUT2D eigenvalue weighted by Gasteiger charge is -2.18. The number of likely N-dealkylation sites (N-methyl/N-ethyl adjacent to an activating group) is 1. The molecule has 2 N–H and O–H groups in total. The largest absolute Gasteiger partial charge is 0.357 e. The van der Waals surface area contributed by atoms with Crippen molar-refractivity contribution in [2.24, 2.45) is 5.92 Å². The first kappa shape index (κ1) is 18.1. The molecule has 0 aliphatic rings. The average molecular weight is 346 g/mol. The molecule has 0 bridgehead atoms. The van der Waals surface area contributed by atoms with E-state index in [1.807, 2.05) is 32.0 Å². The van der Waals surface area contributed by atoms with Crippen LogP contribution in [0.2, 0.25) is 0 Å². The highest BCUT2D eigenvalue weighted by Gasteiger charge is 2.24. The molecule has 1 atom stereocenters. The van der Waals surface area contributed by atoms with E-state index >= 15 is 0 Å². The van der Waals surface area contributed by atoms with Crippen LogP contribution < -0.4 is 10.6 Å². The zero-order chi connectivity index (χ0) is 17.7. The third kappa shape index (κ3) is 4.38. The number of aromatic nitrogens is 2. The summed E-state index contributed by atoms with van der Waals surface area (Å²) in [6.07, 6.45) is 2.27. The summed E-state index contributed by atoms with van der Waals surface area (Å²) in [7, 11) is 1.57. The Bertz CT molecular complexity index is 713. The number of pyridine rings is 1. The van der Waals surface area contributed by atoms with Crippen molar-refractivity contribution in [3.8, 4) is 10.7 Å². The number of carbonyl (C=O) groups is 2. The lowest BCUT2D eigenvalue weighted by atomic mass is 10.0. The number of nitrogens with zero attached hydrogens (tertiary/aromatic N) is 2. The van der Waals surface area contributed by atoms with E-state index in [9.17, 15) is 9.59 Å². The van der Waals surface area contributed by atoms with Crippen molar-refractivity contribution in [2.45, 2.75) is 33.2 Å². The molecule has 24 heavy (non-hydrogen) atoms. The Morgan fingerprint density at radius 2 is 2.04 bits per heavy atom. The van der Waals surface area contributed by atoms with Gasteiger partial charge in [0, 0.05) is 13.2 Å². The maximum absolute atomic E-state index is 12.6. The minimum absolute atomic E-state index is 0.191. The number of hydrogen-bond donors (Lipinski definition) is 2. The predicted octanol–water partition coefficient (Wildman–Crippen LogP) is 2.40. The molecule has 2 aromatic heterocycles. The number of rotatable bonds is 6. The van der Waals surface area contributed by atoms with Gasteiger partial charge in [0.15, 0.2) is 0 Å². The molecule has 0 saturated carbocycles. The molecular weight excluding hydrogens is 324 g/mol. The lowest BCUT2D eigenvalue weighted by molar-refractivity contribution is -0.122. The van der Waals surface area contributed by atoms with E-state index in [2.05, 4.69) is 20.6 Å². The second-order valence-corrected chi connectivity index (χ2v) is 6.92. The van der Waals surface area contributed by atoms with Crippen LogP contribution in [0.3, 0.4) is 0 Å². The van der Waals surface area contributed by atoms with Crippen molar-refractivity contribution in [1.29, 1.82) is 0 Å². The number of hydrogen-bond acceptors (Lipinski definition) is 5. The molecule has 0 spiro atoms.